The van der Waals surface area contributed by atoms with Crippen molar-refractivity contribution in [2.75, 3.05) is 13.1 Å². The van der Waals surface area contributed by atoms with Crippen LogP contribution < -0.4 is 5.32 Å². The van der Waals surface area contributed by atoms with E-state index in [2.05, 4.69) is 15.3 Å². The molecule has 2 amide bonds. The van der Waals surface area contributed by atoms with Crippen molar-refractivity contribution in [3.63, 3.8) is 0 Å². The van der Waals surface area contributed by atoms with E-state index in [-0.39, 0.29) is 55.6 Å². The fourth-order valence-electron chi connectivity index (χ4n) is 4.22. The molecule has 9 heteroatoms. The molecular formula is C23H24F2N4O2S. The van der Waals surface area contributed by atoms with E-state index in [0.717, 1.165) is 28.2 Å². The molecular weight excluding hydrogens is 434 g/mol. The molecule has 5 rings (SSSR count). The number of nitrogens with zero attached hydrogens (tertiary/aromatic N) is 2. The van der Waals surface area contributed by atoms with E-state index in [1.807, 2.05) is 37.3 Å². The van der Waals surface area contributed by atoms with Gasteiger partial charge in [0.15, 0.2) is 0 Å². The van der Waals surface area contributed by atoms with E-state index < -0.39 is 5.92 Å². The Morgan fingerprint density at radius 1 is 1.22 bits per heavy atom. The van der Waals surface area contributed by atoms with Gasteiger partial charge < -0.3 is 15.2 Å². The number of amides is 2. The SMILES string of the molecule is CC(NC(=O)[C@@H]1C[C@H]1c1nc2ccccc2[nH]1)c1ccc(C(=O)N2CCC(F)(F)CC2)s1. The van der Waals surface area contributed by atoms with Crippen molar-refractivity contribution < 1.29 is 18.4 Å². The normalized spacial score (nSPS) is 23.2. The Hall–Kier alpha value is -2.81. The standard InChI is InChI=1S/C23H24F2N4O2S/c1-13(18-6-7-19(32-18)22(31)29-10-8-23(24,25)9-11-29)26-21(30)15-12-14(15)20-27-16-4-2-3-5-17(16)28-20/h2-7,13-15H,8-12H2,1H3,(H,26,30)(H,27,28)/t13?,14-,15-/m1/s1. The maximum atomic E-state index is 13.4. The minimum atomic E-state index is -2.68. The van der Waals surface area contributed by atoms with Gasteiger partial charge in [0.1, 0.15) is 5.82 Å². The van der Waals surface area contributed by atoms with Gasteiger partial charge in [0, 0.05) is 42.6 Å². The summed E-state index contributed by atoms with van der Waals surface area (Å²) in [7, 11) is 0. The molecule has 2 fully saturated rings. The number of hydrogen-bond acceptors (Lipinski definition) is 4. The van der Waals surface area contributed by atoms with Gasteiger partial charge in [-0.1, -0.05) is 12.1 Å². The second kappa shape index (κ2) is 7.95. The molecule has 2 aromatic heterocycles. The number of carbonyl (C=O) groups excluding carboxylic acids is 2. The van der Waals surface area contributed by atoms with Crippen LogP contribution in [0, 0.1) is 5.92 Å². The molecule has 6 nitrogen and oxygen atoms in total. The number of alkyl halides is 2. The number of para-hydroxylation sites is 2. The number of piperidine rings is 1. The Kier molecular flexibility index (Phi) is 5.23. The third-order valence-electron chi connectivity index (χ3n) is 6.29. The van der Waals surface area contributed by atoms with E-state index in [0.29, 0.717) is 4.88 Å². The van der Waals surface area contributed by atoms with Gasteiger partial charge in [0.05, 0.1) is 22.0 Å². The summed E-state index contributed by atoms with van der Waals surface area (Å²) in [5, 5.41) is 3.04. The van der Waals surface area contributed by atoms with Gasteiger partial charge in [-0.3, -0.25) is 9.59 Å². The van der Waals surface area contributed by atoms with E-state index in [1.165, 1.54) is 16.2 Å². The van der Waals surface area contributed by atoms with Gasteiger partial charge in [0.25, 0.3) is 11.8 Å². The molecule has 3 heterocycles. The molecule has 2 N–H and O–H groups in total. The first-order valence-electron chi connectivity index (χ1n) is 10.8. The Morgan fingerprint density at radius 2 is 1.97 bits per heavy atom. The lowest BCUT2D eigenvalue weighted by molar-refractivity contribution is -0.123. The number of likely N-dealkylation sites (tertiary alicyclic amines) is 1. The topological polar surface area (TPSA) is 78.1 Å². The quantitative estimate of drug-likeness (QED) is 0.592. The Morgan fingerprint density at radius 3 is 2.72 bits per heavy atom. The molecule has 1 unspecified atom stereocenters. The summed E-state index contributed by atoms with van der Waals surface area (Å²) in [5.41, 5.74) is 1.87. The number of fused-ring (bicyclic) bond motifs is 1. The number of H-pyrrole nitrogens is 1. The number of benzene rings is 1. The van der Waals surface area contributed by atoms with Crippen molar-refractivity contribution in [2.24, 2.45) is 5.92 Å². The first-order valence-corrected chi connectivity index (χ1v) is 11.6. The van der Waals surface area contributed by atoms with E-state index in [4.69, 9.17) is 0 Å². The van der Waals surface area contributed by atoms with Crippen LogP contribution in [0.5, 0.6) is 0 Å². The molecule has 1 aliphatic carbocycles. The maximum Gasteiger partial charge on any atom is 0.263 e. The predicted octanol–water partition coefficient (Wildman–Crippen LogP) is 4.48. The maximum absolute atomic E-state index is 13.4. The Bertz CT molecular complexity index is 1130. The number of carbonyl (C=O) groups is 2. The van der Waals surface area contributed by atoms with Crippen LogP contribution in [0.1, 0.15) is 58.5 Å². The van der Waals surface area contributed by atoms with Crippen molar-refractivity contribution in [2.45, 2.75) is 44.1 Å². The highest BCUT2D eigenvalue weighted by atomic mass is 32.1. The van der Waals surface area contributed by atoms with Crippen molar-refractivity contribution >= 4 is 34.2 Å². The second-order valence-corrected chi connectivity index (χ2v) is 9.78. The fraction of sp³-hybridized carbons (Fsp3) is 0.435. The van der Waals surface area contributed by atoms with Gasteiger partial charge in [0.2, 0.25) is 5.91 Å². The second-order valence-electron chi connectivity index (χ2n) is 8.67. The largest absolute Gasteiger partial charge is 0.349 e. The molecule has 0 bridgehead atoms. The molecule has 1 saturated carbocycles. The van der Waals surface area contributed by atoms with Gasteiger partial charge >= 0.3 is 0 Å². The van der Waals surface area contributed by atoms with Crippen LogP contribution in [0.2, 0.25) is 0 Å². The van der Waals surface area contributed by atoms with E-state index in [9.17, 15) is 18.4 Å². The molecule has 0 radical (unpaired) electrons. The monoisotopic (exact) mass is 458 g/mol. The third-order valence-corrected chi connectivity index (χ3v) is 7.55. The van der Waals surface area contributed by atoms with Gasteiger partial charge in [-0.15, -0.1) is 11.3 Å². The highest BCUT2D eigenvalue weighted by Crippen LogP contribution is 2.47. The number of thiophene rings is 1. The third kappa shape index (κ3) is 4.13. The first kappa shape index (κ1) is 21.1. The average molecular weight is 459 g/mol. The summed E-state index contributed by atoms with van der Waals surface area (Å²) in [4.78, 5) is 36.2. The lowest BCUT2D eigenvalue weighted by Crippen LogP contribution is -2.42. The summed E-state index contributed by atoms with van der Waals surface area (Å²) in [6, 6.07) is 11.1. The highest BCUT2D eigenvalue weighted by molar-refractivity contribution is 7.14. The smallest absolute Gasteiger partial charge is 0.263 e. The molecule has 1 aromatic carbocycles. The van der Waals surface area contributed by atoms with Crippen LogP contribution in [0.25, 0.3) is 11.0 Å². The number of imidazole rings is 1. The molecule has 3 atom stereocenters. The zero-order chi connectivity index (χ0) is 22.5. The zero-order valence-electron chi connectivity index (χ0n) is 17.6. The van der Waals surface area contributed by atoms with Crippen LogP contribution in [0.3, 0.4) is 0 Å². The summed E-state index contributed by atoms with van der Waals surface area (Å²) < 4.78 is 26.7. The summed E-state index contributed by atoms with van der Waals surface area (Å²) in [6.07, 6.45) is 0.167. The summed E-state index contributed by atoms with van der Waals surface area (Å²) in [6.45, 7) is 2.02. The van der Waals surface area contributed by atoms with Crippen LogP contribution in [-0.4, -0.2) is 45.7 Å². The lowest BCUT2D eigenvalue weighted by atomic mass is 10.1. The summed E-state index contributed by atoms with van der Waals surface area (Å²) >= 11 is 1.30. The van der Waals surface area contributed by atoms with E-state index >= 15 is 0 Å². The Balaban J connectivity index is 1.18. The molecule has 168 valence electrons. The van der Waals surface area contributed by atoms with Gasteiger partial charge in [-0.05, 0) is 37.6 Å². The van der Waals surface area contributed by atoms with Crippen molar-refractivity contribution in [3.05, 3.63) is 52.0 Å². The summed E-state index contributed by atoms with van der Waals surface area (Å²) in [5.74, 6) is -2.11. The Labute approximate surface area is 188 Å². The van der Waals surface area contributed by atoms with Gasteiger partial charge in [-0.2, -0.15) is 0 Å². The molecule has 32 heavy (non-hydrogen) atoms. The number of aromatic amines is 1. The van der Waals surface area contributed by atoms with Crippen molar-refractivity contribution in [3.8, 4) is 0 Å². The number of aromatic nitrogens is 2. The molecule has 1 aliphatic heterocycles. The molecule has 2 aliphatic rings. The zero-order valence-corrected chi connectivity index (χ0v) is 18.4. The minimum Gasteiger partial charge on any atom is -0.349 e. The van der Waals surface area contributed by atoms with Crippen molar-refractivity contribution in [1.82, 2.24) is 20.2 Å². The fourth-order valence-corrected chi connectivity index (χ4v) is 5.20. The molecule has 3 aromatic rings. The van der Waals surface area contributed by atoms with Crippen molar-refractivity contribution in [1.29, 1.82) is 0 Å². The number of halogens is 2. The van der Waals surface area contributed by atoms with Crippen LogP contribution in [0.4, 0.5) is 8.78 Å². The van der Waals surface area contributed by atoms with Crippen LogP contribution >= 0.6 is 11.3 Å². The van der Waals surface area contributed by atoms with Gasteiger partial charge in [-0.25, -0.2) is 13.8 Å². The number of nitrogens with one attached hydrogen (secondary N) is 2. The predicted molar refractivity (Wildman–Crippen MR) is 118 cm³/mol. The number of rotatable bonds is 5. The lowest BCUT2D eigenvalue weighted by Gasteiger charge is -2.31. The van der Waals surface area contributed by atoms with Crippen LogP contribution in [0.15, 0.2) is 36.4 Å². The van der Waals surface area contributed by atoms with E-state index in [1.54, 1.807) is 6.07 Å². The molecule has 0 spiro atoms. The first-order chi connectivity index (χ1) is 15.3. The number of hydrogen-bond donors (Lipinski definition) is 2. The van der Waals surface area contributed by atoms with Crippen LogP contribution in [-0.2, 0) is 4.79 Å². The average Bonchev–Trinajstić information content (AvgIpc) is 3.21. The minimum absolute atomic E-state index is 0.0255. The highest BCUT2D eigenvalue weighted by Gasteiger charge is 2.46. The molecule has 1 saturated heterocycles.